The molecule has 1 saturated heterocycles. The van der Waals surface area contributed by atoms with Gasteiger partial charge in [-0.15, -0.1) is 0 Å². The minimum atomic E-state index is 0.351. The van der Waals surface area contributed by atoms with Gasteiger partial charge in [0.25, 0.3) is 5.95 Å². The van der Waals surface area contributed by atoms with Gasteiger partial charge in [0, 0.05) is 17.3 Å². The van der Waals surface area contributed by atoms with Gasteiger partial charge in [0.15, 0.2) is 0 Å². The lowest BCUT2D eigenvalue weighted by Crippen LogP contribution is -2.39. The van der Waals surface area contributed by atoms with E-state index in [1.54, 1.807) is 0 Å². The average Bonchev–Trinajstić information content (AvgIpc) is 3.32. The van der Waals surface area contributed by atoms with Crippen molar-refractivity contribution in [3.05, 3.63) is 35.9 Å². The number of para-hydroxylation sites is 1. The van der Waals surface area contributed by atoms with Gasteiger partial charge in [-0.05, 0) is 56.9 Å². The Morgan fingerprint density at radius 1 is 1.19 bits per heavy atom. The first-order valence-corrected chi connectivity index (χ1v) is 9.75. The third-order valence-electron chi connectivity index (χ3n) is 5.71. The molecule has 26 heavy (non-hydrogen) atoms. The molecule has 0 amide bonds. The van der Waals surface area contributed by atoms with Crippen molar-refractivity contribution < 1.29 is 4.52 Å². The van der Waals surface area contributed by atoms with Gasteiger partial charge >= 0.3 is 0 Å². The average molecular weight is 353 g/mol. The minimum Gasteiger partial charge on any atom is -0.337 e. The molecule has 0 N–H and O–H groups in total. The van der Waals surface area contributed by atoms with Crippen LogP contribution in [0.2, 0.25) is 0 Å². The van der Waals surface area contributed by atoms with E-state index in [9.17, 15) is 0 Å². The molecule has 1 unspecified atom stereocenters. The molecule has 0 bridgehead atoms. The van der Waals surface area contributed by atoms with Gasteiger partial charge in [0.1, 0.15) is 0 Å². The maximum atomic E-state index is 5.63. The molecule has 0 aliphatic carbocycles. The van der Waals surface area contributed by atoms with Gasteiger partial charge < -0.3 is 9.42 Å². The molecule has 1 aliphatic heterocycles. The molecule has 3 heterocycles. The van der Waals surface area contributed by atoms with Crippen LogP contribution in [-0.4, -0.2) is 44.0 Å². The van der Waals surface area contributed by atoms with Gasteiger partial charge in [-0.25, -0.2) is 0 Å². The summed E-state index contributed by atoms with van der Waals surface area (Å²) >= 11 is 0. The van der Waals surface area contributed by atoms with Crippen LogP contribution < -0.4 is 0 Å². The molecular weight excluding hydrogens is 326 g/mol. The van der Waals surface area contributed by atoms with E-state index < -0.39 is 0 Å². The van der Waals surface area contributed by atoms with Gasteiger partial charge in [0.05, 0.1) is 11.2 Å². The summed E-state index contributed by atoms with van der Waals surface area (Å²) in [5.74, 6) is 1.64. The van der Waals surface area contributed by atoms with Crippen LogP contribution in [-0.2, 0) is 6.42 Å². The molecule has 1 fully saturated rings. The molecule has 0 spiro atoms. The fourth-order valence-corrected chi connectivity index (χ4v) is 3.87. The van der Waals surface area contributed by atoms with Gasteiger partial charge in [0.2, 0.25) is 5.89 Å². The van der Waals surface area contributed by atoms with Crippen molar-refractivity contribution in [2.24, 2.45) is 0 Å². The first kappa shape index (κ1) is 17.2. The number of rotatable bonds is 5. The van der Waals surface area contributed by atoms with Crippen LogP contribution in [0, 0.1) is 0 Å². The van der Waals surface area contributed by atoms with Crippen molar-refractivity contribution in [1.29, 1.82) is 0 Å². The summed E-state index contributed by atoms with van der Waals surface area (Å²) in [6.45, 7) is 8.87. The topological polar surface area (TPSA) is 60.0 Å². The number of hydrogen-bond acceptors (Lipinski definition) is 5. The molecule has 0 radical (unpaired) electrons. The van der Waals surface area contributed by atoms with E-state index in [0.29, 0.717) is 17.9 Å². The highest BCUT2D eigenvalue weighted by Gasteiger charge is 2.27. The highest BCUT2D eigenvalue weighted by atomic mass is 16.5. The fraction of sp³-hybridized carbons (Fsp3) is 0.550. The van der Waals surface area contributed by atoms with Crippen LogP contribution in [0.25, 0.3) is 16.9 Å². The number of benzene rings is 1. The van der Waals surface area contributed by atoms with E-state index in [-0.39, 0.29) is 0 Å². The smallest absolute Gasteiger partial charge is 0.291 e. The summed E-state index contributed by atoms with van der Waals surface area (Å²) in [6.07, 6.45) is 4.23. The van der Waals surface area contributed by atoms with E-state index in [0.717, 1.165) is 54.8 Å². The number of nitrogens with zero attached hydrogens (tertiary/aromatic N) is 5. The number of hydrogen-bond donors (Lipinski definition) is 0. The fourth-order valence-electron chi connectivity index (χ4n) is 3.87. The molecule has 0 saturated carbocycles. The van der Waals surface area contributed by atoms with Crippen molar-refractivity contribution in [3.8, 4) is 5.95 Å². The van der Waals surface area contributed by atoms with E-state index in [4.69, 9.17) is 14.6 Å². The lowest BCUT2D eigenvalue weighted by molar-refractivity contribution is 0.148. The molecule has 1 aromatic carbocycles. The molecule has 6 nitrogen and oxygen atoms in total. The first-order chi connectivity index (χ1) is 12.7. The summed E-state index contributed by atoms with van der Waals surface area (Å²) < 4.78 is 7.45. The lowest BCUT2D eigenvalue weighted by Gasteiger charge is -2.34. The molecule has 4 rings (SSSR count). The summed E-state index contributed by atoms with van der Waals surface area (Å²) in [5.41, 5.74) is 2.09. The predicted octanol–water partition coefficient (Wildman–Crippen LogP) is 3.95. The maximum absolute atomic E-state index is 5.63. The predicted molar refractivity (Wildman–Crippen MR) is 102 cm³/mol. The number of piperidine rings is 1. The Balaban J connectivity index is 1.56. The normalized spacial score (nSPS) is 17.8. The van der Waals surface area contributed by atoms with E-state index in [1.165, 1.54) is 6.42 Å². The highest BCUT2D eigenvalue weighted by molar-refractivity contribution is 5.83. The lowest BCUT2D eigenvalue weighted by atomic mass is 9.95. The van der Waals surface area contributed by atoms with E-state index in [2.05, 4.69) is 43.0 Å². The maximum Gasteiger partial charge on any atom is 0.291 e. The highest BCUT2D eigenvalue weighted by Crippen LogP contribution is 2.29. The number of aromatic nitrogens is 4. The Morgan fingerprint density at radius 2 is 1.96 bits per heavy atom. The Kier molecular flexibility index (Phi) is 4.76. The first-order valence-electron chi connectivity index (χ1n) is 9.75. The zero-order valence-electron chi connectivity index (χ0n) is 15.9. The zero-order valence-corrected chi connectivity index (χ0v) is 15.9. The zero-order chi connectivity index (χ0) is 18.1. The molecular formula is C20H27N5O. The van der Waals surface area contributed by atoms with Crippen LogP contribution in [0.15, 0.2) is 28.8 Å². The van der Waals surface area contributed by atoms with Crippen LogP contribution in [0.3, 0.4) is 0 Å². The van der Waals surface area contributed by atoms with Crippen molar-refractivity contribution in [2.75, 3.05) is 13.1 Å². The Hall–Kier alpha value is -2.21. The van der Waals surface area contributed by atoms with Gasteiger partial charge in [-0.3, -0.25) is 0 Å². The van der Waals surface area contributed by atoms with Crippen molar-refractivity contribution >= 4 is 10.9 Å². The summed E-state index contributed by atoms with van der Waals surface area (Å²) in [7, 11) is 0. The van der Waals surface area contributed by atoms with Crippen LogP contribution >= 0.6 is 0 Å². The van der Waals surface area contributed by atoms with Gasteiger partial charge in [-0.1, -0.05) is 32.0 Å². The summed E-state index contributed by atoms with van der Waals surface area (Å²) in [6, 6.07) is 8.87. The molecule has 6 heteroatoms. The molecule has 3 aromatic rings. The Labute approximate surface area is 154 Å². The molecule has 2 aromatic heterocycles. The molecule has 1 aliphatic rings. The third-order valence-corrected chi connectivity index (χ3v) is 5.71. The second-order valence-electron chi connectivity index (χ2n) is 7.23. The monoisotopic (exact) mass is 353 g/mol. The van der Waals surface area contributed by atoms with Crippen molar-refractivity contribution in [1.82, 2.24) is 24.8 Å². The summed E-state index contributed by atoms with van der Waals surface area (Å²) in [5, 5.41) is 10.1. The van der Waals surface area contributed by atoms with Crippen LogP contribution in [0.1, 0.15) is 57.5 Å². The molecule has 1 atom stereocenters. The largest absolute Gasteiger partial charge is 0.337 e. The second-order valence-corrected chi connectivity index (χ2v) is 7.23. The SMILES string of the molecule is CCc1nn(-c2noc(C3CCN(C(C)CC)CC3)n2)c2ccccc12. The van der Waals surface area contributed by atoms with Gasteiger partial charge in [-0.2, -0.15) is 14.8 Å². The number of fused-ring (bicyclic) bond motifs is 1. The second kappa shape index (κ2) is 7.19. The number of aryl methyl sites for hydroxylation is 1. The minimum absolute atomic E-state index is 0.351. The summed E-state index contributed by atoms with van der Waals surface area (Å²) in [4.78, 5) is 7.25. The standard InChI is InChI=1S/C20H27N5O/c1-4-14(3)24-12-10-15(11-13-24)19-21-20(23-26-19)25-18-9-7-6-8-16(18)17(5-2)22-25/h6-9,14-15H,4-5,10-13H2,1-3H3. The third kappa shape index (κ3) is 3.03. The van der Waals surface area contributed by atoms with Crippen molar-refractivity contribution in [2.45, 2.75) is 58.4 Å². The Bertz CT molecular complexity index is 875. The van der Waals surface area contributed by atoms with Crippen LogP contribution in [0.5, 0.6) is 0 Å². The Morgan fingerprint density at radius 3 is 2.69 bits per heavy atom. The quantitative estimate of drug-likeness (QED) is 0.695. The number of likely N-dealkylation sites (tertiary alicyclic amines) is 1. The van der Waals surface area contributed by atoms with E-state index in [1.807, 2.05) is 16.8 Å². The van der Waals surface area contributed by atoms with Crippen LogP contribution in [0.4, 0.5) is 0 Å². The molecule has 138 valence electrons. The van der Waals surface area contributed by atoms with E-state index >= 15 is 0 Å². The van der Waals surface area contributed by atoms with Crippen molar-refractivity contribution in [3.63, 3.8) is 0 Å².